The Morgan fingerprint density at radius 3 is 2.63 bits per heavy atom. The molecule has 19 heavy (non-hydrogen) atoms. The highest BCUT2D eigenvalue weighted by atomic mass is 16.5. The van der Waals surface area contributed by atoms with Gasteiger partial charge in [0.25, 0.3) is 0 Å². The number of likely N-dealkylation sites (tertiary alicyclic amines) is 1. The second kappa shape index (κ2) is 6.11. The predicted molar refractivity (Wildman–Crippen MR) is 78.4 cm³/mol. The van der Waals surface area contributed by atoms with E-state index in [1.807, 2.05) is 0 Å². The fraction of sp³-hybridized carbons (Fsp3) is 1.00. The highest BCUT2D eigenvalue weighted by Crippen LogP contribution is 2.43. The Morgan fingerprint density at radius 1 is 1.16 bits per heavy atom. The topological polar surface area (TPSA) is 24.5 Å². The number of hydrogen-bond acceptors (Lipinski definition) is 3. The third kappa shape index (κ3) is 3.50. The van der Waals surface area contributed by atoms with Crippen LogP contribution in [0.1, 0.15) is 58.3 Å². The van der Waals surface area contributed by atoms with Crippen molar-refractivity contribution < 1.29 is 4.74 Å². The lowest BCUT2D eigenvalue weighted by Crippen LogP contribution is -2.41. The zero-order chi connectivity index (χ0) is 13.1. The summed E-state index contributed by atoms with van der Waals surface area (Å²) in [6.45, 7) is 7.18. The maximum absolute atomic E-state index is 6.35. The first-order valence-electron chi connectivity index (χ1n) is 8.39. The van der Waals surface area contributed by atoms with Crippen molar-refractivity contribution in [3.8, 4) is 0 Å². The molecule has 2 aliphatic heterocycles. The Kier molecular flexibility index (Phi) is 4.45. The zero-order valence-electron chi connectivity index (χ0n) is 12.5. The van der Waals surface area contributed by atoms with E-state index in [1.54, 1.807) is 0 Å². The van der Waals surface area contributed by atoms with Gasteiger partial charge in [-0.2, -0.15) is 0 Å². The number of rotatable bonds is 5. The van der Waals surface area contributed by atoms with Gasteiger partial charge in [-0.3, -0.25) is 0 Å². The van der Waals surface area contributed by atoms with Crippen LogP contribution >= 0.6 is 0 Å². The molecule has 0 aromatic heterocycles. The third-order valence-electron chi connectivity index (χ3n) is 5.28. The first-order chi connectivity index (χ1) is 9.26. The summed E-state index contributed by atoms with van der Waals surface area (Å²) >= 11 is 0. The Hall–Kier alpha value is -0.120. The standard InChI is InChI=1S/C16H30N2O/c1-14(13-18-10-4-5-11-18)17-12-15-6-9-16(19-15)7-2-3-8-16/h14-15,17H,2-13H2,1H3. The van der Waals surface area contributed by atoms with Crippen molar-refractivity contribution in [2.45, 2.75) is 76.0 Å². The molecule has 3 heteroatoms. The van der Waals surface area contributed by atoms with Crippen LogP contribution in [0.25, 0.3) is 0 Å². The molecule has 3 rings (SSSR count). The fourth-order valence-corrected chi connectivity index (χ4v) is 4.18. The van der Waals surface area contributed by atoms with Crippen LogP contribution in [-0.2, 0) is 4.74 Å². The van der Waals surface area contributed by atoms with Gasteiger partial charge in [-0.15, -0.1) is 0 Å². The molecule has 0 amide bonds. The van der Waals surface area contributed by atoms with Gasteiger partial charge in [-0.1, -0.05) is 12.8 Å². The van der Waals surface area contributed by atoms with Gasteiger partial charge in [0.15, 0.2) is 0 Å². The molecular formula is C16H30N2O. The summed E-state index contributed by atoms with van der Waals surface area (Å²) in [6.07, 6.45) is 11.2. The summed E-state index contributed by atoms with van der Waals surface area (Å²) in [4.78, 5) is 2.59. The van der Waals surface area contributed by atoms with E-state index in [9.17, 15) is 0 Å². The largest absolute Gasteiger partial charge is 0.370 e. The average Bonchev–Trinajstić information content (AvgIpc) is 3.12. The molecule has 0 bridgehead atoms. The van der Waals surface area contributed by atoms with Gasteiger partial charge in [-0.05, 0) is 58.5 Å². The second-order valence-electron chi connectivity index (χ2n) is 6.99. The zero-order valence-corrected chi connectivity index (χ0v) is 12.5. The Morgan fingerprint density at radius 2 is 1.89 bits per heavy atom. The number of nitrogens with one attached hydrogen (secondary N) is 1. The van der Waals surface area contributed by atoms with Crippen molar-refractivity contribution in [1.82, 2.24) is 10.2 Å². The normalized spacial score (nSPS) is 32.4. The van der Waals surface area contributed by atoms with E-state index in [0.717, 1.165) is 6.54 Å². The molecule has 2 unspecified atom stereocenters. The molecule has 0 aromatic carbocycles. The summed E-state index contributed by atoms with van der Waals surface area (Å²) in [6, 6.07) is 0.599. The van der Waals surface area contributed by atoms with E-state index in [0.29, 0.717) is 17.7 Å². The van der Waals surface area contributed by atoms with Crippen molar-refractivity contribution in [1.29, 1.82) is 0 Å². The maximum atomic E-state index is 6.35. The van der Waals surface area contributed by atoms with Crippen molar-refractivity contribution in [3.63, 3.8) is 0 Å². The van der Waals surface area contributed by atoms with Gasteiger partial charge >= 0.3 is 0 Å². The third-order valence-corrected chi connectivity index (χ3v) is 5.28. The summed E-state index contributed by atoms with van der Waals surface area (Å²) in [5, 5.41) is 3.69. The Balaban J connectivity index is 1.35. The van der Waals surface area contributed by atoms with E-state index in [-0.39, 0.29) is 0 Å². The van der Waals surface area contributed by atoms with Crippen LogP contribution in [0.4, 0.5) is 0 Å². The smallest absolute Gasteiger partial charge is 0.0708 e. The molecule has 2 heterocycles. The highest BCUT2D eigenvalue weighted by molar-refractivity contribution is 4.93. The molecular weight excluding hydrogens is 236 g/mol. The Bertz CT molecular complexity index is 282. The minimum absolute atomic E-state index is 0.296. The molecule has 0 radical (unpaired) electrons. The van der Waals surface area contributed by atoms with Crippen LogP contribution in [0, 0.1) is 0 Å². The second-order valence-corrected chi connectivity index (χ2v) is 6.99. The minimum Gasteiger partial charge on any atom is -0.370 e. The van der Waals surface area contributed by atoms with Crippen molar-refractivity contribution in [3.05, 3.63) is 0 Å². The predicted octanol–water partition coefficient (Wildman–Crippen LogP) is 2.55. The van der Waals surface area contributed by atoms with Gasteiger partial charge < -0.3 is 15.0 Å². The first-order valence-corrected chi connectivity index (χ1v) is 8.39. The molecule has 1 aliphatic carbocycles. The SMILES string of the molecule is CC(CN1CCCC1)NCC1CCC2(CCCC2)O1. The van der Waals surface area contributed by atoms with Crippen molar-refractivity contribution >= 4 is 0 Å². The van der Waals surface area contributed by atoms with Gasteiger partial charge in [0.05, 0.1) is 11.7 Å². The maximum Gasteiger partial charge on any atom is 0.0708 e. The monoisotopic (exact) mass is 266 g/mol. The van der Waals surface area contributed by atoms with Crippen LogP contribution in [-0.4, -0.2) is 48.8 Å². The van der Waals surface area contributed by atoms with Crippen LogP contribution in [0.3, 0.4) is 0 Å². The summed E-state index contributed by atoms with van der Waals surface area (Å²) in [5.41, 5.74) is 0.296. The lowest BCUT2D eigenvalue weighted by Gasteiger charge is -2.26. The van der Waals surface area contributed by atoms with Crippen LogP contribution in [0.5, 0.6) is 0 Å². The van der Waals surface area contributed by atoms with Crippen LogP contribution in [0.2, 0.25) is 0 Å². The van der Waals surface area contributed by atoms with Gasteiger partial charge in [-0.25, -0.2) is 0 Å². The lowest BCUT2D eigenvalue weighted by molar-refractivity contribution is -0.0359. The van der Waals surface area contributed by atoms with Crippen molar-refractivity contribution in [2.24, 2.45) is 0 Å². The summed E-state index contributed by atoms with van der Waals surface area (Å²) in [7, 11) is 0. The summed E-state index contributed by atoms with van der Waals surface area (Å²) < 4.78 is 6.35. The molecule has 3 aliphatic rings. The molecule has 1 spiro atoms. The lowest BCUT2D eigenvalue weighted by atomic mass is 9.98. The number of hydrogen-bond donors (Lipinski definition) is 1. The first kappa shape index (κ1) is 13.8. The van der Waals surface area contributed by atoms with E-state index >= 15 is 0 Å². The molecule has 3 fully saturated rings. The van der Waals surface area contributed by atoms with Gasteiger partial charge in [0.2, 0.25) is 0 Å². The van der Waals surface area contributed by atoms with E-state index < -0.39 is 0 Å². The highest BCUT2D eigenvalue weighted by Gasteiger charge is 2.41. The molecule has 2 atom stereocenters. The summed E-state index contributed by atoms with van der Waals surface area (Å²) in [5.74, 6) is 0. The van der Waals surface area contributed by atoms with E-state index in [4.69, 9.17) is 4.74 Å². The quantitative estimate of drug-likeness (QED) is 0.827. The van der Waals surface area contributed by atoms with E-state index in [1.165, 1.54) is 71.0 Å². The Labute approximate surface area is 118 Å². The molecule has 1 saturated carbocycles. The molecule has 2 saturated heterocycles. The van der Waals surface area contributed by atoms with Gasteiger partial charge in [0.1, 0.15) is 0 Å². The molecule has 110 valence electrons. The van der Waals surface area contributed by atoms with Crippen LogP contribution in [0.15, 0.2) is 0 Å². The van der Waals surface area contributed by atoms with Crippen LogP contribution < -0.4 is 5.32 Å². The fourth-order valence-electron chi connectivity index (χ4n) is 4.18. The molecule has 0 aromatic rings. The van der Waals surface area contributed by atoms with Crippen molar-refractivity contribution in [2.75, 3.05) is 26.2 Å². The number of nitrogens with zero attached hydrogens (tertiary/aromatic N) is 1. The molecule has 3 nitrogen and oxygen atoms in total. The number of ether oxygens (including phenoxy) is 1. The average molecular weight is 266 g/mol. The van der Waals surface area contributed by atoms with Gasteiger partial charge in [0, 0.05) is 19.1 Å². The minimum atomic E-state index is 0.296. The van der Waals surface area contributed by atoms with E-state index in [2.05, 4.69) is 17.1 Å². The molecule has 1 N–H and O–H groups in total.